The summed E-state index contributed by atoms with van der Waals surface area (Å²) in [6, 6.07) is 13.7. The van der Waals surface area contributed by atoms with Crippen LogP contribution in [0.3, 0.4) is 0 Å². The Morgan fingerprint density at radius 2 is 2.00 bits per heavy atom. The van der Waals surface area contributed by atoms with Gasteiger partial charge in [0.15, 0.2) is 0 Å². The van der Waals surface area contributed by atoms with Gasteiger partial charge in [0.2, 0.25) is 5.13 Å². The van der Waals surface area contributed by atoms with Gasteiger partial charge in [-0.05, 0) is 43.7 Å². The molecule has 5 nitrogen and oxygen atoms in total. The van der Waals surface area contributed by atoms with Crippen LogP contribution in [-0.2, 0) is 11.5 Å². The summed E-state index contributed by atoms with van der Waals surface area (Å²) in [6.07, 6.45) is 0.0332. The second kappa shape index (κ2) is 9.66. The van der Waals surface area contributed by atoms with Crippen LogP contribution < -0.4 is 10.1 Å². The van der Waals surface area contributed by atoms with Gasteiger partial charge < -0.3 is 4.74 Å². The SMILES string of the molecule is CC(C)Oc1cccc(C(=O)Nc2nnc(CSCc3ccccc3F)s2)c1. The Bertz CT molecular complexity index is 946. The van der Waals surface area contributed by atoms with Gasteiger partial charge in [0.1, 0.15) is 16.6 Å². The number of nitrogens with zero attached hydrogens (tertiary/aromatic N) is 2. The van der Waals surface area contributed by atoms with E-state index in [0.29, 0.717) is 33.5 Å². The van der Waals surface area contributed by atoms with E-state index in [9.17, 15) is 9.18 Å². The summed E-state index contributed by atoms with van der Waals surface area (Å²) in [5.41, 5.74) is 1.15. The summed E-state index contributed by atoms with van der Waals surface area (Å²) in [5, 5.41) is 12.1. The standard InChI is InChI=1S/C20H20FN3O2S2/c1-13(2)26-16-8-5-7-14(10-16)19(25)22-20-24-23-18(28-20)12-27-11-15-6-3-4-9-17(15)21/h3-10,13H,11-12H2,1-2H3,(H,22,24,25). The number of carbonyl (C=O) groups excluding carboxylic acids is 1. The van der Waals surface area contributed by atoms with Crippen molar-refractivity contribution in [3.63, 3.8) is 0 Å². The number of amides is 1. The van der Waals surface area contributed by atoms with Gasteiger partial charge in [-0.1, -0.05) is 35.6 Å². The van der Waals surface area contributed by atoms with Gasteiger partial charge >= 0.3 is 0 Å². The van der Waals surface area contributed by atoms with Gasteiger partial charge in [-0.25, -0.2) is 4.39 Å². The average molecular weight is 418 g/mol. The maximum Gasteiger partial charge on any atom is 0.257 e. The maximum atomic E-state index is 13.6. The summed E-state index contributed by atoms with van der Waals surface area (Å²) in [5.74, 6) is 1.32. The minimum absolute atomic E-state index is 0.0332. The smallest absolute Gasteiger partial charge is 0.257 e. The van der Waals surface area contributed by atoms with Crippen LogP contribution in [0.2, 0.25) is 0 Å². The normalized spacial score (nSPS) is 10.9. The molecule has 0 saturated carbocycles. The van der Waals surface area contributed by atoms with Crippen LogP contribution in [0.15, 0.2) is 48.5 Å². The highest BCUT2D eigenvalue weighted by Gasteiger charge is 2.12. The Balaban J connectivity index is 1.54. The fourth-order valence-corrected chi connectivity index (χ4v) is 4.18. The fourth-order valence-electron chi connectivity index (χ4n) is 2.38. The Morgan fingerprint density at radius 1 is 1.18 bits per heavy atom. The molecule has 0 aliphatic heterocycles. The summed E-state index contributed by atoms with van der Waals surface area (Å²) in [4.78, 5) is 12.4. The van der Waals surface area contributed by atoms with Crippen LogP contribution in [0, 0.1) is 5.82 Å². The number of hydrogen-bond acceptors (Lipinski definition) is 6. The second-order valence-corrected chi connectivity index (χ2v) is 8.28. The van der Waals surface area contributed by atoms with Crippen molar-refractivity contribution in [1.29, 1.82) is 0 Å². The highest BCUT2D eigenvalue weighted by Crippen LogP contribution is 2.24. The molecule has 0 atom stereocenters. The zero-order chi connectivity index (χ0) is 19.9. The van der Waals surface area contributed by atoms with E-state index in [1.54, 1.807) is 42.1 Å². The lowest BCUT2D eigenvalue weighted by molar-refractivity contribution is 0.102. The third kappa shape index (κ3) is 5.77. The number of carbonyl (C=O) groups is 1. The number of nitrogens with one attached hydrogen (secondary N) is 1. The van der Waals surface area contributed by atoms with E-state index in [4.69, 9.17) is 4.74 Å². The highest BCUT2D eigenvalue weighted by atomic mass is 32.2. The summed E-state index contributed by atoms with van der Waals surface area (Å²) in [7, 11) is 0. The minimum atomic E-state index is -0.268. The molecule has 146 valence electrons. The van der Waals surface area contributed by atoms with Crippen LogP contribution >= 0.6 is 23.1 Å². The van der Waals surface area contributed by atoms with E-state index in [0.717, 1.165) is 5.01 Å². The van der Waals surface area contributed by atoms with Crippen molar-refractivity contribution in [2.24, 2.45) is 0 Å². The highest BCUT2D eigenvalue weighted by molar-refractivity contribution is 7.97. The number of rotatable bonds is 8. The molecule has 3 aromatic rings. The van der Waals surface area contributed by atoms with Crippen molar-refractivity contribution in [1.82, 2.24) is 10.2 Å². The molecule has 28 heavy (non-hydrogen) atoms. The van der Waals surface area contributed by atoms with Crippen molar-refractivity contribution in [3.8, 4) is 5.75 Å². The third-order valence-corrected chi connectivity index (χ3v) is 5.61. The summed E-state index contributed by atoms with van der Waals surface area (Å²) < 4.78 is 19.2. The third-order valence-electron chi connectivity index (χ3n) is 3.60. The number of aromatic nitrogens is 2. The topological polar surface area (TPSA) is 64.1 Å². The lowest BCUT2D eigenvalue weighted by Gasteiger charge is -2.10. The molecule has 1 amide bonds. The minimum Gasteiger partial charge on any atom is -0.491 e. The lowest BCUT2D eigenvalue weighted by atomic mass is 10.2. The number of benzene rings is 2. The molecule has 0 aliphatic rings. The number of ether oxygens (including phenoxy) is 1. The van der Waals surface area contributed by atoms with Crippen LogP contribution in [0.1, 0.15) is 34.8 Å². The quantitative estimate of drug-likeness (QED) is 0.549. The monoisotopic (exact) mass is 417 g/mol. The number of halogens is 1. The van der Waals surface area contributed by atoms with Gasteiger partial charge in [0.25, 0.3) is 5.91 Å². The van der Waals surface area contributed by atoms with Crippen LogP contribution in [-0.4, -0.2) is 22.2 Å². The maximum absolute atomic E-state index is 13.6. The first-order valence-corrected chi connectivity index (χ1v) is 10.7. The van der Waals surface area contributed by atoms with Gasteiger partial charge in [-0.3, -0.25) is 10.1 Å². The van der Waals surface area contributed by atoms with E-state index < -0.39 is 0 Å². The second-order valence-electron chi connectivity index (χ2n) is 6.23. The first-order valence-electron chi connectivity index (χ1n) is 8.73. The van der Waals surface area contributed by atoms with Gasteiger partial charge in [-0.15, -0.1) is 22.0 Å². The molecule has 0 aliphatic carbocycles. The molecular weight excluding hydrogens is 397 g/mol. The zero-order valence-electron chi connectivity index (χ0n) is 15.5. The zero-order valence-corrected chi connectivity index (χ0v) is 17.1. The summed E-state index contributed by atoms with van der Waals surface area (Å²) in [6.45, 7) is 3.86. The van der Waals surface area contributed by atoms with Crippen LogP contribution in [0.5, 0.6) is 5.75 Å². The van der Waals surface area contributed by atoms with Crippen molar-refractivity contribution in [2.45, 2.75) is 31.5 Å². The van der Waals surface area contributed by atoms with E-state index in [1.807, 2.05) is 26.0 Å². The van der Waals surface area contributed by atoms with Crippen molar-refractivity contribution in [3.05, 3.63) is 70.5 Å². The molecule has 3 rings (SSSR count). The molecule has 1 heterocycles. The predicted octanol–water partition coefficient (Wildman–Crippen LogP) is 5.15. The van der Waals surface area contributed by atoms with Gasteiger partial charge in [0, 0.05) is 17.1 Å². The van der Waals surface area contributed by atoms with Crippen molar-refractivity contribution < 1.29 is 13.9 Å². The van der Waals surface area contributed by atoms with Crippen molar-refractivity contribution >= 4 is 34.1 Å². The molecule has 0 saturated heterocycles. The van der Waals surface area contributed by atoms with Crippen molar-refractivity contribution in [2.75, 3.05) is 5.32 Å². The van der Waals surface area contributed by atoms with E-state index >= 15 is 0 Å². The Hall–Kier alpha value is -2.45. The molecule has 2 aromatic carbocycles. The lowest BCUT2D eigenvalue weighted by Crippen LogP contribution is -2.12. The molecule has 1 N–H and O–H groups in total. The van der Waals surface area contributed by atoms with E-state index in [2.05, 4.69) is 15.5 Å². The Kier molecular flexibility index (Phi) is 7.00. The van der Waals surface area contributed by atoms with Crippen LogP contribution in [0.4, 0.5) is 9.52 Å². The van der Waals surface area contributed by atoms with Gasteiger partial charge in [0.05, 0.1) is 6.10 Å². The molecule has 0 bridgehead atoms. The number of anilines is 1. The van der Waals surface area contributed by atoms with Gasteiger partial charge in [-0.2, -0.15) is 0 Å². The van der Waals surface area contributed by atoms with E-state index in [1.165, 1.54) is 17.4 Å². The number of hydrogen-bond donors (Lipinski definition) is 1. The first-order chi connectivity index (χ1) is 13.5. The average Bonchev–Trinajstić information content (AvgIpc) is 3.10. The summed E-state index contributed by atoms with van der Waals surface area (Å²) >= 11 is 2.86. The Morgan fingerprint density at radius 3 is 2.79 bits per heavy atom. The molecule has 0 unspecified atom stereocenters. The molecule has 0 radical (unpaired) electrons. The molecule has 1 aromatic heterocycles. The molecule has 0 fully saturated rings. The molecular formula is C20H20FN3O2S2. The van der Waals surface area contributed by atoms with E-state index in [-0.39, 0.29) is 17.8 Å². The van der Waals surface area contributed by atoms with Crippen LogP contribution in [0.25, 0.3) is 0 Å². The fraction of sp³-hybridized carbons (Fsp3) is 0.250. The first kappa shape index (κ1) is 20.3. The number of thioether (sulfide) groups is 1. The predicted molar refractivity (Wildman–Crippen MR) is 111 cm³/mol. The molecule has 8 heteroatoms. The largest absolute Gasteiger partial charge is 0.491 e. The molecule has 0 spiro atoms. The Labute approximate surface area is 171 Å².